The van der Waals surface area contributed by atoms with Crippen LogP contribution in [-0.4, -0.2) is 50.7 Å². The molecule has 2 rings (SSSR count). The number of hydrogen-bond donors (Lipinski definition) is 1. The molecular weight excluding hydrogens is 262 g/mol. The Morgan fingerprint density at radius 1 is 1.37 bits per heavy atom. The monoisotopic (exact) mass is 285 g/mol. The minimum atomic E-state index is -0.687. The van der Waals surface area contributed by atoms with Gasteiger partial charge >= 0.3 is 0 Å². The average Bonchev–Trinajstić information content (AvgIpc) is 2.88. The second kappa shape index (κ2) is 6.33. The molecule has 0 unspecified atom stereocenters. The Morgan fingerprint density at radius 2 is 2.00 bits per heavy atom. The number of piperidine rings is 1. The van der Waals surface area contributed by atoms with E-state index >= 15 is 0 Å². The number of nitrogens with zero attached hydrogens (tertiary/aromatic N) is 1. The molecule has 0 atom stereocenters. The Kier molecular flexibility index (Phi) is 4.97. The average molecular weight is 285 g/mol. The van der Waals surface area contributed by atoms with Crippen LogP contribution in [0.3, 0.4) is 0 Å². The largest absolute Gasteiger partial charge is 0.385 e. The van der Waals surface area contributed by atoms with Gasteiger partial charge in [-0.05, 0) is 36.9 Å². The molecule has 1 aliphatic heterocycles. The van der Waals surface area contributed by atoms with Gasteiger partial charge in [0.2, 0.25) is 0 Å². The molecule has 2 heterocycles. The second-order valence-corrected chi connectivity index (χ2v) is 6.20. The summed E-state index contributed by atoms with van der Waals surface area (Å²) in [5, 5.41) is 12.9. The maximum Gasteiger partial charge on any atom is 0.161 e. The fourth-order valence-corrected chi connectivity index (χ4v) is 3.57. The van der Waals surface area contributed by atoms with E-state index in [2.05, 4.69) is 11.9 Å². The van der Waals surface area contributed by atoms with Crippen LogP contribution in [0.4, 0.5) is 0 Å². The van der Waals surface area contributed by atoms with Crippen molar-refractivity contribution in [1.82, 2.24) is 4.90 Å². The van der Waals surface area contributed by atoms with E-state index in [0.717, 1.165) is 31.5 Å². The normalized spacial score (nSPS) is 20.1. The number of likely N-dealkylation sites (tertiary alicyclic amines) is 1. The first-order valence-electron chi connectivity index (χ1n) is 6.62. The minimum Gasteiger partial charge on any atom is -0.385 e. The number of thiophene rings is 1. The third kappa shape index (κ3) is 3.35. The lowest BCUT2D eigenvalue weighted by Crippen LogP contribution is -2.41. The van der Waals surface area contributed by atoms with Crippen LogP contribution in [0.25, 0.3) is 0 Å². The molecule has 4 nitrogen and oxygen atoms in total. The van der Waals surface area contributed by atoms with Crippen molar-refractivity contribution in [2.45, 2.75) is 31.2 Å². The van der Waals surface area contributed by atoms with Crippen LogP contribution in [0.1, 0.15) is 23.3 Å². The van der Waals surface area contributed by atoms with E-state index in [0.29, 0.717) is 6.42 Å². The zero-order valence-corrected chi connectivity index (χ0v) is 12.7. The van der Waals surface area contributed by atoms with Crippen molar-refractivity contribution in [2.75, 3.05) is 34.4 Å². The molecule has 1 N–H and O–H groups in total. The van der Waals surface area contributed by atoms with Gasteiger partial charge in [-0.1, -0.05) is 0 Å². The van der Waals surface area contributed by atoms with Crippen LogP contribution in [0, 0.1) is 0 Å². The van der Waals surface area contributed by atoms with E-state index in [-0.39, 0.29) is 6.29 Å². The predicted octanol–water partition coefficient (Wildman–Crippen LogP) is 1.82. The highest BCUT2D eigenvalue weighted by Crippen LogP contribution is 2.37. The Labute approximate surface area is 118 Å². The molecule has 0 aromatic carbocycles. The summed E-state index contributed by atoms with van der Waals surface area (Å²) < 4.78 is 10.5. The molecule has 108 valence electrons. The zero-order valence-electron chi connectivity index (χ0n) is 11.9. The summed E-state index contributed by atoms with van der Waals surface area (Å²) >= 11 is 1.67. The van der Waals surface area contributed by atoms with Crippen LogP contribution in [0.15, 0.2) is 11.4 Å². The fourth-order valence-electron chi connectivity index (χ4n) is 2.59. The number of hydrogen-bond acceptors (Lipinski definition) is 5. The number of rotatable bonds is 5. The van der Waals surface area contributed by atoms with Gasteiger partial charge in [0.05, 0.1) is 5.60 Å². The van der Waals surface area contributed by atoms with Gasteiger partial charge in [0.25, 0.3) is 0 Å². The van der Waals surface area contributed by atoms with Crippen molar-refractivity contribution < 1.29 is 14.6 Å². The third-order valence-corrected chi connectivity index (χ3v) is 4.88. The molecule has 1 aromatic heterocycles. The second-order valence-electron chi connectivity index (χ2n) is 5.20. The number of ether oxygens (including phenoxy) is 2. The first-order valence-corrected chi connectivity index (χ1v) is 7.50. The molecule has 0 radical (unpaired) electrons. The topological polar surface area (TPSA) is 41.9 Å². The molecule has 0 spiro atoms. The van der Waals surface area contributed by atoms with Gasteiger partial charge in [-0.25, -0.2) is 0 Å². The fraction of sp³-hybridized carbons (Fsp3) is 0.714. The molecule has 1 fully saturated rings. The van der Waals surface area contributed by atoms with Crippen molar-refractivity contribution in [1.29, 1.82) is 0 Å². The van der Waals surface area contributed by atoms with E-state index < -0.39 is 5.60 Å². The molecule has 1 aliphatic rings. The van der Waals surface area contributed by atoms with Gasteiger partial charge in [0, 0.05) is 38.6 Å². The van der Waals surface area contributed by atoms with Gasteiger partial charge in [0.1, 0.15) is 0 Å². The summed E-state index contributed by atoms with van der Waals surface area (Å²) in [4.78, 5) is 3.42. The Bertz CT molecular complexity index is 395. The van der Waals surface area contributed by atoms with Crippen molar-refractivity contribution in [3.8, 4) is 0 Å². The SMILES string of the molecule is COC(Cc1sccc1C1(O)CCN(C)CC1)OC. The number of methoxy groups -OCH3 is 2. The van der Waals surface area contributed by atoms with E-state index in [1.165, 1.54) is 4.88 Å². The van der Waals surface area contributed by atoms with E-state index in [9.17, 15) is 5.11 Å². The highest BCUT2D eigenvalue weighted by atomic mass is 32.1. The van der Waals surface area contributed by atoms with Gasteiger partial charge in [0.15, 0.2) is 6.29 Å². The van der Waals surface area contributed by atoms with Crippen molar-refractivity contribution >= 4 is 11.3 Å². The lowest BCUT2D eigenvalue weighted by Gasteiger charge is -2.37. The maximum atomic E-state index is 10.9. The molecule has 0 aliphatic carbocycles. The van der Waals surface area contributed by atoms with Gasteiger partial charge in [-0.15, -0.1) is 11.3 Å². The first-order chi connectivity index (χ1) is 9.09. The van der Waals surface area contributed by atoms with Crippen molar-refractivity contribution in [3.63, 3.8) is 0 Å². The van der Waals surface area contributed by atoms with Crippen molar-refractivity contribution in [2.24, 2.45) is 0 Å². The maximum absolute atomic E-state index is 10.9. The molecule has 1 saturated heterocycles. The van der Waals surface area contributed by atoms with E-state index in [1.54, 1.807) is 25.6 Å². The van der Waals surface area contributed by atoms with Crippen LogP contribution < -0.4 is 0 Å². The molecule has 19 heavy (non-hydrogen) atoms. The molecule has 1 aromatic rings. The smallest absolute Gasteiger partial charge is 0.161 e. The Morgan fingerprint density at radius 3 is 2.58 bits per heavy atom. The summed E-state index contributed by atoms with van der Waals surface area (Å²) in [6.07, 6.45) is 2.03. The summed E-state index contributed by atoms with van der Waals surface area (Å²) in [7, 11) is 5.39. The Hall–Kier alpha value is -0.460. The molecule has 0 saturated carbocycles. The highest BCUT2D eigenvalue weighted by Gasteiger charge is 2.35. The van der Waals surface area contributed by atoms with Gasteiger partial charge in [-0.3, -0.25) is 0 Å². The standard InChI is InChI=1S/C14H23NO3S/c1-15-7-5-14(16,6-8-15)11-4-9-19-12(11)10-13(17-2)18-3/h4,9,13,16H,5-8,10H2,1-3H3. The third-order valence-electron chi connectivity index (χ3n) is 3.94. The van der Waals surface area contributed by atoms with Gasteiger partial charge in [-0.2, -0.15) is 0 Å². The summed E-state index contributed by atoms with van der Waals surface area (Å²) in [6, 6.07) is 2.05. The quantitative estimate of drug-likeness (QED) is 0.838. The Balaban J connectivity index is 2.14. The van der Waals surface area contributed by atoms with Crippen LogP contribution in [0.2, 0.25) is 0 Å². The van der Waals surface area contributed by atoms with E-state index in [4.69, 9.17) is 9.47 Å². The minimum absolute atomic E-state index is 0.243. The molecule has 5 heteroatoms. The first kappa shape index (κ1) is 14.9. The lowest BCUT2D eigenvalue weighted by molar-refractivity contribution is -0.101. The number of aliphatic hydroxyl groups is 1. The summed E-state index contributed by atoms with van der Waals surface area (Å²) in [5.41, 5.74) is 0.373. The summed E-state index contributed by atoms with van der Waals surface area (Å²) in [6.45, 7) is 1.87. The van der Waals surface area contributed by atoms with Crippen LogP contribution in [-0.2, 0) is 21.5 Å². The van der Waals surface area contributed by atoms with Gasteiger partial charge < -0.3 is 19.5 Å². The van der Waals surface area contributed by atoms with Crippen LogP contribution in [0.5, 0.6) is 0 Å². The van der Waals surface area contributed by atoms with Crippen LogP contribution >= 0.6 is 11.3 Å². The van der Waals surface area contributed by atoms with E-state index in [1.807, 2.05) is 11.4 Å². The molecule has 0 amide bonds. The highest BCUT2D eigenvalue weighted by molar-refractivity contribution is 7.10. The lowest BCUT2D eigenvalue weighted by atomic mass is 9.84. The molecule has 0 bridgehead atoms. The summed E-state index contributed by atoms with van der Waals surface area (Å²) in [5.74, 6) is 0. The van der Waals surface area contributed by atoms with Crippen molar-refractivity contribution in [3.05, 3.63) is 21.9 Å². The predicted molar refractivity (Wildman–Crippen MR) is 76.5 cm³/mol. The molecular formula is C14H23NO3S. The zero-order chi connectivity index (χ0) is 13.9.